The molecule has 2 heterocycles. The third-order valence-corrected chi connectivity index (χ3v) is 7.63. The van der Waals surface area contributed by atoms with Crippen molar-refractivity contribution < 1.29 is 14.3 Å². The molecule has 1 aromatic carbocycles. The lowest BCUT2D eigenvalue weighted by Gasteiger charge is -2.09. The molecule has 0 saturated carbocycles. The number of hydrogen-bond acceptors (Lipinski definition) is 6. The van der Waals surface area contributed by atoms with E-state index in [0.717, 1.165) is 41.7 Å². The number of halogens is 2. The van der Waals surface area contributed by atoms with E-state index in [-0.39, 0.29) is 0 Å². The number of anilines is 1. The fraction of sp³-hybridized carbons (Fsp3) is 0.280. The minimum absolute atomic E-state index is 0.356. The molecule has 1 aliphatic carbocycles. The molecule has 0 fully saturated rings. The number of hydrogen-bond donors (Lipinski definition) is 1. The number of fused-ring (bicyclic) bond motifs is 1. The number of ether oxygens (including phenoxy) is 1. The molecule has 0 saturated heterocycles. The van der Waals surface area contributed by atoms with Crippen LogP contribution >= 0.6 is 34.5 Å². The summed E-state index contributed by atoms with van der Waals surface area (Å²) in [5.74, 6) is -1.19. The summed E-state index contributed by atoms with van der Waals surface area (Å²) in [4.78, 5) is 25.7. The van der Waals surface area contributed by atoms with E-state index in [1.54, 1.807) is 17.7 Å². The first-order valence-corrected chi connectivity index (χ1v) is 12.6. The summed E-state index contributed by atoms with van der Waals surface area (Å²) < 4.78 is 6.67. The third-order valence-electron chi connectivity index (χ3n) is 5.65. The highest BCUT2D eigenvalue weighted by atomic mass is 35.5. The number of amides is 1. The minimum atomic E-state index is -0.694. The Hall–Kier alpha value is -3.12. The molecule has 0 bridgehead atoms. The molecule has 180 valence electrons. The highest BCUT2D eigenvalue weighted by Crippen LogP contribution is 2.37. The van der Waals surface area contributed by atoms with Gasteiger partial charge in [-0.05, 0) is 55.9 Å². The van der Waals surface area contributed by atoms with E-state index >= 15 is 0 Å². The Kier molecular flexibility index (Phi) is 7.91. The predicted octanol–water partition coefficient (Wildman–Crippen LogP) is 5.55. The number of nitriles is 1. The second kappa shape index (κ2) is 11.1. The second-order valence-corrected chi connectivity index (χ2v) is 9.93. The van der Waals surface area contributed by atoms with Crippen molar-refractivity contribution in [1.82, 2.24) is 9.78 Å². The molecule has 35 heavy (non-hydrogen) atoms. The number of thiophene rings is 1. The Morgan fingerprint density at radius 3 is 2.83 bits per heavy atom. The van der Waals surface area contributed by atoms with Crippen LogP contribution in [0.25, 0.3) is 6.08 Å². The summed E-state index contributed by atoms with van der Waals surface area (Å²) in [7, 11) is 0. The number of aromatic nitrogens is 2. The normalized spacial score (nSPS) is 12.9. The summed E-state index contributed by atoms with van der Waals surface area (Å²) in [6.07, 6.45) is 6.60. The maximum absolute atomic E-state index is 12.3. The van der Waals surface area contributed by atoms with Crippen molar-refractivity contribution in [2.45, 2.75) is 39.2 Å². The van der Waals surface area contributed by atoms with Gasteiger partial charge >= 0.3 is 5.97 Å². The zero-order valence-electron chi connectivity index (χ0n) is 18.9. The molecular weight excluding hydrogens is 507 g/mol. The van der Waals surface area contributed by atoms with E-state index in [4.69, 9.17) is 27.9 Å². The highest BCUT2D eigenvalue weighted by Gasteiger charge is 2.22. The van der Waals surface area contributed by atoms with E-state index in [2.05, 4.69) is 16.5 Å². The largest absolute Gasteiger partial charge is 0.452 e. The maximum Gasteiger partial charge on any atom is 0.331 e. The van der Waals surface area contributed by atoms with Crippen LogP contribution in [0.15, 0.2) is 30.3 Å². The Morgan fingerprint density at radius 2 is 2.06 bits per heavy atom. The zero-order chi connectivity index (χ0) is 24.9. The van der Waals surface area contributed by atoms with Crippen LogP contribution in [-0.4, -0.2) is 28.3 Å². The molecule has 0 spiro atoms. The first-order chi connectivity index (χ1) is 16.9. The quantitative estimate of drug-likeness (QED) is 0.320. The van der Waals surface area contributed by atoms with Crippen molar-refractivity contribution in [3.8, 4) is 6.07 Å². The average molecular weight is 529 g/mol. The summed E-state index contributed by atoms with van der Waals surface area (Å²) in [6, 6.07) is 9.60. The number of carbonyl (C=O) groups excluding carboxylic acids is 2. The van der Waals surface area contributed by atoms with Gasteiger partial charge in [0.25, 0.3) is 5.91 Å². The van der Waals surface area contributed by atoms with Gasteiger partial charge in [-0.1, -0.05) is 41.4 Å². The fourth-order valence-corrected chi connectivity index (χ4v) is 5.67. The minimum Gasteiger partial charge on any atom is -0.452 e. The van der Waals surface area contributed by atoms with E-state index in [0.29, 0.717) is 38.5 Å². The first-order valence-electron chi connectivity index (χ1n) is 11.0. The molecule has 1 N–H and O–H groups in total. The number of nitrogens with one attached hydrogen (secondary N) is 1. The number of benzene rings is 1. The topological polar surface area (TPSA) is 97.0 Å². The maximum atomic E-state index is 12.3. The molecule has 2 aromatic heterocycles. The number of carbonyl (C=O) groups is 2. The van der Waals surface area contributed by atoms with Gasteiger partial charge in [-0.3, -0.25) is 4.79 Å². The lowest BCUT2D eigenvalue weighted by Crippen LogP contribution is -2.20. The molecule has 3 aromatic rings. The summed E-state index contributed by atoms with van der Waals surface area (Å²) in [5.41, 5.74) is 3.62. The Balaban J connectivity index is 1.35. The molecule has 4 rings (SSSR count). The molecule has 0 unspecified atom stereocenters. The van der Waals surface area contributed by atoms with Gasteiger partial charge in [0, 0.05) is 21.5 Å². The van der Waals surface area contributed by atoms with Gasteiger partial charge < -0.3 is 10.1 Å². The SMILES string of the molecule is Cc1nn(Cc2ccccc2Cl)c(Cl)c1C=CC(=O)OCC(=O)Nc1sc2c(c1C#N)CCCC2. The summed E-state index contributed by atoms with van der Waals surface area (Å²) in [6.45, 7) is 1.70. The third kappa shape index (κ3) is 5.76. The predicted molar refractivity (Wildman–Crippen MR) is 137 cm³/mol. The highest BCUT2D eigenvalue weighted by molar-refractivity contribution is 7.16. The molecule has 1 amide bonds. The molecular formula is C25H22Cl2N4O3S. The Morgan fingerprint density at radius 1 is 1.29 bits per heavy atom. The van der Waals surface area contributed by atoms with E-state index < -0.39 is 18.5 Å². The van der Waals surface area contributed by atoms with Crippen LogP contribution in [0.1, 0.15) is 45.7 Å². The lowest BCUT2D eigenvalue weighted by atomic mass is 9.96. The van der Waals surface area contributed by atoms with Gasteiger partial charge in [-0.25, -0.2) is 9.48 Å². The van der Waals surface area contributed by atoms with Crippen LogP contribution in [0.4, 0.5) is 5.00 Å². The zero-order valence-corrected chi connectivity index (χ0v) is 21.3. The summed E-state index contributed by atoms with van der Waals surface area (Å²) in [5, 5.41) is 18.1. The van der Waals surface area contributed by atoms with Crippen molar-refractivity contribution in [3.63, 3.8) is 0 Å². The van der Waals surface area contributed by atoms with Crippen LogP contribution in [-0.2, 0) is 33.7 Å². The smallest absolute Gasteiger partial charge is 0.331 e. The Bertz CT molecular complexity index is 1350. The molecule has 7 nitrogen and oxygen atoms in total. The number of rotatable bonds is 7. The van der Waals surface area contributed by atoms with Crippen LogP contribution in [0.2, 0.25) is 10.2 Å². The van der Waals surface area contributed by atoms with Crippen molar-refractivity contribution >= 4 is 57.5 Å². The summed E-state index contributed by atoms with van der Waals surface area (Å²) >= 11 is 14.1. The van der Waals surface area contributed by atoms with Crippen molar-refractivity contribution in [3.05, 3.63) is 73.3 Å². The van der Waals surface area contributed by atoms with Crippen molar-refractivity contribution in [2.24, 2.45) is 0 Å². The standard InChI is InChI=1S/C25H22Cl2N4O3S/c1-15-17(24(27)31(30-15)13-16-6-2-4-8-20(16)26)10-11-23(33)34-14-22(32)29-25-19(12-28)18-7-3-5-9-21(18)35-25/h2,4,6,8,10-11H,3,5,7,9,13-14H2,1H3,(H,29,32). The molecule has 10 heteroatoms. The second-order valence-electron chi connectivity index (χ2n) is 8.06. The van der Waals surface area contributed by atoms with E-state index in [1.807, 2.05) is 18.2 Å². The van der Waals surface area contributed by atoms with Crippen LogP contribution < -0.4 is 5.32 Å². The van der Waals surface area contributed by atoms with Gasteiger partial charge in [0.2, 0.25) is 0 Å². The van der Waals surface area contributed by atoms with Gasteiger partial charge in [0.15, 0.2) is 6.61 Å². The van der Waals surface area contributed by atoms with Crippen LogP contribution in [0, 0.1) is 18.3 Å². The monoisotopic (exact) mass is 528 g/mol. The number of aryl methyl sites for hydroxylation is 2. The van der Waals surface area contributed by atoms with Gasteiger partial charge in [0.1, 0.15) is 16.2 Å². The molecule has 0 radical (unpaired) electrons. The van der Waals surface area contributed by atoms with Gasteiger partial charge in [-0.2, -0.15) is 10.4 Å². The average Bonchev–Trinajstić information content (AvgIpc) is 3.33. The van der Waals surface area contributed by atoms with Crippen LogP contribution in [0.5, 0.6) is 0 Å². The molecule has 1 aliphatic rings. The van der Waals surface area contributed by atoms with Crippen molar-refractivity contribution in [1.29, 1.82) is 5.26 Å². The molecule has 0 aliphatic heterocycles. The lowest BCUT2D eigenvalue weighted by molar-refractivity contribution is -0.142. The van der Waals surface area contributed by atoms with E-state index in [9.17, 15) is 14.9 Å². The first kappa shape index (κ1) is 25.0. The Labute approximate surface area is 216 Å². The van der Waals surface area contributed by atoms with Gasteiger partial charge in [0.05, 0.1) is 17.8 Å². The fourth-order valence-electron chi connectivity index (χ4n) is 3.92. The van der Waals surface area contributed by atoms with E-state index in [1.165, 1.54) is 23.5 Å². The van der Waals surface area contributed by atoms with Crippen molar-refractivity contribution in [2.75, 3.05) is 11.9 Å². The van der Waals surface area contributed by atoms with Crippen LogP contribution in [0.3, 0.4) is 0 Å². The van der Waals surface area contributed by atoms with Gasteiger partial charge in [-0.15, -0.1) is 11.3 Å². The molecule has 0 atom stereocenters. The number of nitrogens with zero attached hydrogens (tertiary/aromatic N) is 3. The number of esters is 1.